The molecule has 3 aromatic rings. The van der Waals surface area contributed by atoms with Gasteiger partial charge in [0.15, 0.2) is 22.7 Å². The Morgan fingerprint density at radius 2 is 1.45 bits per heavy atom. The minimum absolute atomic E-state index is 0.0442. The van der Waals surface area contributed by atoms with E-state index in [-0.39, 0.29) is 16.7 Å². The van der Waals surface area contributed by atoms with Gasteiger partial charge in [-0.15, -0.1) is 0 Å². The Bertz CT molecular complexity index is 924. The Hall–Kier alpha value is -3.09. The third-order valence-electron chi connectivity index (χ3n) is 3.02. The molecule has 0 atom stereocenters. The Balaban J connectivity index is 2.72. The van der Waals surface area contributed by atoms with Gasteiger partial charge in [-0.2, -0.15) is 0 Å². The predicted molar refractivity (Wildman–Crippen MR) is 68.3 cm³/mol. The molecule has 102 valence electrons. The van der Waals surface area contributed by atoms with Crippen molar-refractivity contribution < 1.29 is 29.9 Å². The van der Waals surface area contributed by atoms with Crippen LogP contribution >= 0.6 is 0 Å². The van der Waals surface area contributed by atoms with E-state index in [0.29, 0.717) is 0 Å². The van der Waals surface area contributed by atoms with Gasteiger partial charge in [0.25, 0.3) is 0 Å². The predicted octanol–water partition coefficient (Wildman–Crippen LogP) is 1.47. The van der Waals surface area contributed by atoms with Crippen LogP contribution in [0.3, 0.4) is 0 Å². The van der Waals surface area contributed by atoms with Gasteiger partial charge in [0.05, 0.1) is 5.39 Å². The molecule has 0 aliphatic carbocycles. The van der Waals surface area contributed by atoms with Gasteiger partial charge in [-0.25, -0.2) is 0 Å². The van der Waals surface area contributed by atoms with Gasteiger partial charge in [-0.1, -0.05) is 6.07 Å². The highest BCUT2D eigenvalue weighted by molar-refractivity contribution is 6.00. The molecule has 5 N–H and O–H groups in total. The quantitative estimate of drug-likeness (QED) is 0.238. The van der Waals surface area contributed by atoms with Gasteiger partial charge in [0.1, 0.15) is 5.39 Å². The van der Waals surface area contributed by atoms with E-state index in [1.807, 2.05) is 0 Å². The molecule has 20 heavy (non-hydrogen) atoms. The lowest BCUT2D eigenvalue weighted by molar-refractivity contribution is 0.347. The van der Waals surface area contributed by atoms with Crippen molar-refractivity contribution in [2.75, 3.05) is 0 Å². The zero-order chi connectivity index (χ0) is 14.6. The zero-order valence-electron chi connectivity index (χ0n) is 9.78. The Kier molecular flexibility index (Phi) is 2.22. The summed E-state index contributed by atoms with van der Waals surface area (Å²) in [6, 6.07) is 4.02. The Labute approximate surface area is 110 Å². The number of phenolic OH excluding ortho intramolecular Hbond substituents is 5. The summed E-state index contributed by atoms with van der Waals surface area (Å²) in [6.07, 6.45) is 0. The first-order valence-corrected chi connectivity index (χ1v) is 5.47. The summed E-state index contributed by atoms with van der Waals surface area (Å²) in [5.74, 6) is -4.20. The molecule has 0 saturated heterocycles. The van der Waals surface area contributed by atoms with Crippen molar-refractivity contribution in [2.45, 2.75) is 0 Å². The number of benzene rings is 2. The maximum atomic E-state index is 12.2. The summed E-state index contributed by atoms with van der Waals surface area (Å²) in [7, 11) is 0. The van der Waals surface area contributed by atoms with Crippen LogP contribution < -0.4 is 5.43 Å². The Morgan fingerprint density at radius 3 is 2.15 bits per heavy atom. The van der Waals surface area contributed by atoms with Gasteiger partial charge >= 0.3 is 0 Å². The highest BCUT2D eigenvalue weighted by Crippen LogP contribution is 2.48. The topological polar surface area (TPSA) is 131 Å². The van der Waals surface area contributed by atoms with Crippen LogP contribution in [0.2, 0.25) is 0 Å². The van der Waals surface area contributed by atoms with E-state index < -0.39 is 39.4 Å². The molecule has 0 bridgehead atoms. The van der Waals surface area contributed by atoms with Crippen molar-refractivity contribution in [1.29, 1.82) is 0 Å². The molecule has 7 nitrogen and oxygen atoms in total. The number of hydrogen-bond acceptors (Lipinski definition) is 7. The van der Waals surface area contributed by atoms with E-state index in [1.54, 1.807) is 0 Å². The molecule has 7 heteroatoms. The zero-order valence-corrected chi connectivity index (χ0v) is 9.78. The minimum atomic E-state index is -1.03. The van der Waals surface area contributed by atoms with Crippen LogP contribution in [0.5, 0.6) is 28.7 Å². The lowest BCUT2D eigenvalue weighted by Crippen LogP contribution is -2.02. The lowest BCUT2D eigenvalue weighted by Gasteiger charge is -2.09. The fraction of sp³-hybridized carbons (Fsp3) is 0. The van der Waals surface area contributed by atoms with Crippen molar-refractivity contribution in [3.63, 3.8) is 0 Å². The standard InChI is InChI=1S/C13H8O7/c14-5-3-1-2-4-7(15)6-8(16)9(17)10(18)11(19)13(6)20-12(4)5/h1-3,14,16-19H. The third kappa shape index (κ3) is 1.31. The molecule has 3 rings (SSSR count). The highest BCUT2D eigenvalue weighted by atomic mass is 16.4. The first kappa shape index (κ1) is 12.0. The van der Waals surface area contributed by atoms with Crippen molar-refractivity contribution >= 4 is 21.9 Å². The second kappa shape index (κ2) is 3.70. The molecule has 2 aromatic carbocycles. The monoisotopic (exact) mass is 276 g/mol. The largest absolute Gasteiger partial charge is 0.504 e. The van der Waals surface area contributed by atoms with Gasteiger partial charge < -0.3 is 29.9 Å². The van der Waals surface area contributed by atoms with Crippen LogP contribution in [-0.2, 0) is 0 Å². The molecular formula is C13H8O7. The Morgan fingerprint density at radius 1 is 0.800 bits per heavy atom. The second-order valence-electron chi connectivity index (χ2n) is 4.18. The van der Waals surface area contributed by atoms with Gasteiger partial charge in [-0.3, -0.25) is 4.79 Å². The van der Waals surface area contributed by atoms with E-state index in [1.165, 1.54) is 18.2 Å². The fourth-order valence-corrected chi connectivity index (χ4v) is 2.03. The third-order valence-corrected chi connectivity index (χ3v) is 3.02. The molecule has 0 amide bonds. The average molecular weight is 276 g/mol. The summed E-state index contributed by atoms with van der Waals surface area (Å²) >= 11 is 0. The summed E-state index contributed by atoms with van der Waals surface area (Å²) in [5.41, 5.74) is -1.50. The van der Waals surface area contributed by atoms with Crippen LogP contribution in [0.4, 0.5) is 0 Å². The molecule has 0 spiro atoms. The normalized spacial score (nSPS) is 11.2. The molecule has 0 saturated carbocycles. The van der Waals surface area contributed by atoms with E-state index in [0.717, 1.165) is 0 Å². The number of aromatic hydroxyl groups is 5. The molecule has 0 unspecified atom stereocenters. The van der Waals surface area contributed by atoms with E-state index >= 15 is 0 Å². The summed E-state index contributed by atoms with van der Waals surface area (Å²) in [4.78, 5) is 12.2. The lowest BCUT2D eigenvalue weighted by atomic mass is 10.1. The molecule has 0 radical (unpaired) electrons. The average Bonchev–Trinajstić information content (AvgIpc) is 2.43. The SMILES string of the molecule is O=c1c2cccc(O)c2oc2c(O)c(O)c(O)c(O)c12. The summed E-state index contributed by atoms with van der Waals surface area (Å²) in [6.45, 7) is 0. The molecule has 1 aromatic heterocycles. The van der Waals surface area contributed by atoms with Crippen molar-refractivity contribution in [2.24, 2.45) is 0 Å². The first-order valence-electron chi connectivity index (χ1n) is 5.47. The number of para-hydroxylation sites is 1. The van der Waals surface area contributed by atoms with Crippen LogP contribution in [0.25, 0.3) is 21.9 Å². The number of rotatable bonds is 0. The molecule has 0 fully saturated rings. The van der Waals surface area contributed by atoms with Crippen LogP contribution in [0.1, 0.15) is 0 Å². The smallest absolute Gasteiger partial charge is 0.208 e. The van der Waals surface area contributed by atoms with Gasteiger partial charge in [0, 0.05) is 0 Å². The van der Waals surface area contributed by atoms with Crippen molar-refractivity contribution in [3.05, 3.63) is 28.4 Å². The number of phenols is 5. The van der Waals surface area contributed by atoms with Crippen LogP contribution in [0, 0.1) is 0 Å². The fourth-order valence-electron chi connectivity index (χ4n) is 2.03. The maximum Gasteiger partial charge on any atom is 0.208 e. The van der Waals surface area contributed by atoms with E-state index in [4.69, 9.17) is 4.42 Å². The molecule has 0 aliphatic rings. The first-order chi connectivity index (χ1) is 9.43. The highest BCUT2D eigenvalue weighted by Gasteiger charge is 2.24. The van der Waals surface area contributed by atoms with Crippen molar-refractivity contribution in [1.82, 2.24) is 0 Å². The van der Waals surface area contributed by atoms with Crippen LogP contribution in [0.15, 0.2) is 27.4 Å². The minimum Gasteiger partial charge on any atom is -0.504 e. The van der Waals surface area contributed by atoms with Gasteiger partial charge in [-0.05, 0) is 12.1 Å². The van der Waals surface area contributed by atoms with Gasteiger partial charge in [0.2, 0.25) is 22.7 Å². The van der Waals surface area contributed by atoms with Crippen molar-refractivity contribution in [3.8, 4) is 28.7 Å². The number of fused-ring (bicyclic) bond motifs is 2. The maximum absolute atomic E-state index is 12.2. The summed E-state index contributed by atoms with van der Waals surface area (Å²) < 4.78 is 5.17. The molecule has 1 heterocycles. The van der Waals surface area contributed by atoms with Crippen LogP contribution in [-0.4, -0.2) is 25.5 Å². The summed E-state index contributed by atoms with van der Waals surface area (Å²) in [5, 5.41) is 47.4. The van der Waals surface area contributed by atoms with E-state index in [9.17, 15) is 30.3 Å². The molecule has 0 aliphatic heterocycles. The van der Waals surface area contributed by atoms with E-state index in [2.05, 4.69) is 0 Å². The number of hydrogen-bond donors (Lipinski definition) is 5. The molecular weight excluding hydrogens is 268 g/mol. The second-order valence-corrected chi connectivity index (χ2v) is 4.18.